The van der Waals surface area contributed by atoms with Crippen LogP contribution in [0.1, 0.15) is 39.5 Å². The quantitative estimate of drug-likeness (QED) is 0.351. The standard InChI is InChI=1S/C26H29FN6S/c1-16-6-8-21(9-7-16)14-32-19(4)24(17(2)30-32)28-26(34)29-25-18(3)31-33(20(25)5)15-22-10-12-23(27)13-11-22/h6-13H,14-15H2,1-5H3,(H2,28,29,34). The largest absolute Gasteiger partial charge is 0.329 e. The number of benzene rings is 2. The predicted octanol–water partition coefficient (Wildman–Crippen LogP) is 5.67. The molecule has 0 saturated heterocycles. The molecule has 0 aliphatic heterocycles. The molecule has 0 radical (unpaired) electrons. The van der Waals surface area contributed by atoms with Crippen LogP contribution in [0, 0.1) is 40.4 Å². The average molecular weight is 477 g/mol. The normalized spacial score (nSPS) is 11.0. The Kier molecular flexibility index (Phi) is 6.79. The lowest BCUT2D eigenvalue weighted by Gasteiger charge is -2.12. The van der Waals surface area contributed by atoms with Gasteiger partial charge in [-0.05, 0) is 70.1 Å². The number of halogens is 1. The molecule has 0 aliphatic rings. The van der Waals surface area contributed by atoms with E-state index in [2.05, 4.69) is 46.9 Å². The van der Waals surface area contributed by atoms with Gasteiger partial charge >= 0.3 is 0 Å². The van der Waals surface area contributed by atoms with E-state index in [1.165, 1.54) is 23.3 Å². The Hall–Kier alpha value is -3.52. The Morgan fingerprint density at radius 1 is 0.735 bits per heavy atom. The lowest BCUT2D eigenvalue weighted by Crippen LogP contribution is -2.21. The molecule has 2 aromatic carbocycles. The Morgan fingerprint density at radius 3 is 1.59 bits per heavy atom. The van der Waals surface area contributed by atoms with Gasteiger partial charge in [-0.2, -0.15) is 10.2 Å². The summed E-state index contributed by atoms with van der Waals surface area (Å²) in [6.07, 6.45) is 0. The van der Waals surface area contributed by atoms with Crippen LogP contribution >= 0.6 is 12.2 Å². The first kappa shape index (κ1) is 23.6. The van der Waals surface area contributed by atoms with Crippen LogP contribution in [0.2, 0.25) is 0 Å². The maximum Gasteiger partial charge on any atom is 0.175 e. The van der Waals surface area contributed by atoms with Crippen molar-refractivity contribution < 1.29 is 4.39 Å². The second kappa shape index (κ2) is 9.77. The van der Waals surface area contributed by atoms with Gasteiger partial charge in [0.05, 0.1) is 47.2 Å². The van der Waals surface area contributed by atoms with E-state index in [0.29, 0.717) is 18.2 Å². The molecule has 2 heterocycles. The molecule has 6 nitrogen and oxygen atoms in total. The number of hydrogen-bond donors (Lipinski definition) is 2. The van der Waals surface area contributed by atoms with Crippen molar-refractivity contribution in [3.8, 4) is 0 Å². The van der Waals surface area contributed by atoms with Crippen molar-refractivity contribution in [3.63, 3.8) is 0 Å². The Balaban J connectivity index is 1.46. The molecule has 0 bridgehead atoms. The summed E-state index contributed by atoms with van der Waals surface area (Å²) in [4.78, 5) is 0. The summed E-state index contributed by atoms with van der Waals surface area (Å²) in [6, 6.07) is 14.9. The third-order valence-electron chi connectivity index (χ3n) is 5.94. The van der Waals surface area contributed by atoms with Gasteiger partial charge in [0.2, 0.25) is 0 Å². The Bertz CT molecular complexity index is 1220. The Labute approximate surface area is 204 Å². The number of hydrogen-bond acceptors (Lipinski definition) is 3. The fraction of sp³-hybridized carbons (Fsp3) is 0.269. The van der Waals surface area contributed by atoms with Gasteiger partial charge in [0.15, 0.2) is 5.11 Å². The molecule has 4 aromatic rings. The third-order valence-corrected chi connectivity index (χ3v) is 6.14. The van der Waals surface area contributed by atoms with Crippen molar-refractivity contribution in [3.05, 3.63) is 93.8 Å². The molecule has 176 valence electrons. The molecule has 0 fully saturated rings. The van der Waals surface area contributed by atoms with Gasteiger partial charge in [0, 0.05) is 0 Å². The van der Waals surface area contributed by atoms with Crippen molar-refractivity contribution in [1.29, 1.82) is 0 Å². The molecule has 0 saturated carbocycles. The molecule has 0 spiro atoms. The maximum absolute atomic E-state index is 13.2. The molecule has 8 heteroatoms. The van der Waals surface area contributed by atoms with Crippen LogP contribution in [0.4, 0.5) is 15.8 Å². The topological polar surface area (TPSA) is 59.7 Å². The van der Waals surface area contributed by atoms with Crippen molar-refractivity contribution in [2.45, 2.75) is 47.7 Å². The summed E-state index contributed by atoms with van der Waals surface area (Å²) < 4.78 is 17.1. The minimum Gasteiger partial charge on any atom is -0.329 e. The maximum atomic E-state index is 13.2. The molecule has 2 aromatic heterocycles. The van der Waals surface area contributed by atoms with E-state index in [0.717, 1.165) is 39.7 Å². The van der Waals surface area contributed by atoms with E-state index >= 15 is 0 Å². The van der Waals surface area contributed by atoms with Gasteiger partial charge in [-0.25, -0.2) is 4.39 Å². The van der Waals surface area contributed by atoms with E-state index in [9.17, 15) is 4.39 Å². The van der Waals surface area contributed by atoms with E-state index in [1.807, 2.05) is 37.1 Å². The highest BCUT2D eigenvalue weighted by atomic mass is 32.1. The number of anilines is 2. The minimum absolute atomic E-state index is 0.247. The molecule has 0 aliphatic carbocycles. The van der Waals surface area contributed by atoms with Gasteiger partial charge in [0.1, 0.15) is 5.82 Å². The monoisotopic (exact) mass is 476 g/mol. The number of nitrogens with one attached hydrogen (secondary N) is 2. The van der Waals surface area contributed by atoms with E-state index in [4.69, 9.17) is 17.3 Å². The highest BCUT2D eigenvalue weighted by Gasteiger charge is 2.16. The van der Waals surface area contributed by atoms with Crippen LogP contribution < -0.4 is 10.6 Å². The fourth-order valence-electron chi connectivity index (χ4n) is 3.95. The SMILES string of the molecule is Cc1ccc(Cn2nc(C)c(NC(=S)Nc3c(C)nn(Cc4ccc(F)cc4)c3C)c2C)cc1. The molecule has 34 heavy (non-hydrogen) atoms. The van der Waals surface area contributed by atoms with Crippen molar-refractivity contribution in [2.24, 2.45) is 0 Å². The average Bonchev–Trinajstić information content (AvgIpc) is 3.21. The number of aryl methyl sites for hydroxylation is 3. The summed E-state index contributed by atoms with van der Waals surface area (Å²) in [6.45, 7) is 11.3. The highest BCUT2D eigenvalue weighted by molar-refractivity contribution is 7.80. The van der Waals surface area contributed by atoms with Crippen LogP contribution in [0.5, 0.6) is 0 Å². The van der Waals surface area contributed by atoms with Gasteiger partial charge in [-0.3, -0.25) is 9.36 Å². The summed E-state index contributed by atoms with van der Waals surface area (Å²) >= 11 is 5.63. The third kappa shape index (κ3) is 5.17. The Morgan fingerprint density at radius 2 is 1.15 bits per heavy atom. The molecular weight excluding hydrogens is 447 g/mol. The second-order valence-electron chi connectivity index (χ2n) is 8.60. The molecule has 0 atom stereocenters. The van der Waals surface area contributed by atoms with Gasteiger partial charge in [-0.15, -0.1) is 0 Å². The summed E-state index contributed by atoms with van der Waals surface area (Å²) in [5.41, 5.74) is 8.87. The molecule has 4 rings (SSSR count). The summed E-state index contributed by atoms with van der Waals surface area (Å²) in [7, 11) is 0. The zero-order chi connectivity index (χ0) is 24.4. The lowest BCUT2D eigenvalue weighted by atomic mass is 10.1. The minimum atomic E-state index is -0.247. The molecule has 2 N–H and O–H groups in total. The zero-order valence-electron chi connectivity index (χ0n) is 20.1. The van der Waals surface area contributed by atoms with Crippen molar-refractivity contribution in [2.75, 3.05) is 10.6 Å². The van der Waals surface area contributed by atoms with E-state index in [1.54, 1.807) is 12.1 Å². The highest BCUT2D eigenvalue weighted by Crippen LogP contribution is 2.24. The van der Waals surface area contributed by atoms with Gasteiger partial charge < -0.3 is 10.6 Å². The first-order valence-electron chi connectivity index (χ1n) is 11.2. The van der Waals surface area contributed by atoms with Crippen LogP contribution in [-0.2, 0) is 13.1 Å². The molecular formula is C26H29FN6S. The van der Waals surface area contributed by atoms with Crippen LogP contribution in [0.25, 0.3) is 0 Å². The fourth-order valence-corrected chi connectivity index (χ4v) is 4.16. The van der Waals surface area contributed by atoms with Crippen molar-refractivity contribution in [1.82, 2.24) is 19.6 Å². The first-order chi connectivity index (χ1) is 16.2. The van der Waals surface area contributed by atoms with E-state index < -0.39 is 0 Å². The second-order valence-corrected chi connectivity index (χ2v) is 9.01. The first-order valence-corrected chi connectivity index (χ1v) is 11.6. The number of rotatable bonds is 6. The van der Waals surface area contributed by atoms with Crippen LogP contribution in [-0.4, -0.2) is 24.7 Å². The predicted molar refractivity (Wildman–Crippen MR) is 139 cm³/mol. The summed E-state index contributed by atoms with van der Waals surface area (Å²) in [5, 5.41) is 16.4. The zero-order valence-corrected chi connectivity index (χ0v) is 20.9. The van der Waals surface area contributed by atoms with E-state index in [-0.39, 0.29) is 5.82 Å². The number of thiocarbonyl (C=S) groups is 1. The molecule has 0 amide bonds. The number of nitrogens with zero attached hydrogens (tertiary/aromatic N) is 4. The number of aromatic nitrogens is 4. The van der Waals surface area contributed by atoms with Gasteiger partial charge in [0.25, 0.3) is 0 Å². The van der Waals surface area contributed by atoms with Crippen molar-refractivity contribution >= 4 is 28.7 Å². The van der Waals surface area contributed by atoms with Gasteiger partial charge in [-0.1, -0.05) is 42.0 Å². The van der Waals surface area contributed by atoms with Crippen LogP contribution in [0.15, 0.2) is 48.5 Å². The smallest absolute Gasteiger partial charge is 0.175 e. The summed E-state index contributed by atoms with van der Waals surface area (Å²) in [5.74, 6) is -0.247. The molecule has 0 unspecified atom stereocenters. The van der Waals surface area contributed by atoms with Crippen LogP contribution in [0.3, 0.4) is 0 Å². The lowest BCUT2D eigenvalue weighted by molar-refractivity contribution is 0.622.